The highest BCUT2D eigenvalue weighted by Gasteiger charge is 2.22. The van der Waals surface area contributed by atoms with Gasteiger partial charge in [0.2, 0.25) is 5.16 Å². The fourth-order valence-corrected chi connectivity index (χ4v) is 4.76. The molecule has 1 amide bonds. The number of nitrogens with one attached hydrogen (secondary N) is 1. The minimum Gasteiger partial charge on any atom is -0.481 e. The quantitative estimate of drug-likeness (QED) is 0.435. The Morgan fingerprint density at radius 2 is 1.94 bits per heavy atom. The lowest BCUT2D eigenvalue weighted by molar-refractivity contribution is -0.138. The van der Waals surface area contributed by atoms with Crippen molar-refractivity contribution in [3.8, 4) is 0 Å². The van der Waals surface area contributed by atoms with Gasteiger partial charge < -0.3 is 15.8 Å². The first-order valence-electron chi connectivity index (χ1n) is 9.53. The van der Waals surface area contributed by atoms with E-state index >= 15 is 0 Å². The number of fused-ring (bicyclic) bond motifs is 1. The number of anilines is 1. The highest BCUT2D eigenvalue weighted by atomic mass is 32.2. The Morgan fingerprint density at radius 1 is 1.23 bits per heavy atom. The lowest BCUT2D eigenvalue weighted by Gasteiger charge is -2.09. The standard InChI is InChI=1S/C19H22N6O5S/c1-2-10-31(30,24-13(26)8-9-14(27)28)18-22-16(20)15-17(23-18)25(19(29)21-15)11-12-6-4-3-5-7-12/h3-7H,2,8-11H2,1H3,(H,21,29)(H,27,28)(H2,20,22,23). The normalized spacial score (nSPS) is 13.1. The summed E-state index contributed by atoms with van der Waals surface area (Å²) in [5.74, 6) is -2.10. The fraction of sp³-hybridized carbons (Fsp3) is 0.316. The number of amides is 1. The monoisotopic (exact) mass is 446 g/mol. The molecule has 0 fully saturated rings. The maximum atomic E-state index is 13.5. The first-order valence-corrected chi connectivity index (χ1v) is 11.2. The molecule has 0 radical (unpaired) electrons. The van der Waals surface area contributed by atoms with E-state index in [9.17, 15) is 18.6 Å². The molecule has 0 bridgehead atoms. The summed E-state index contributed by atoms with van der Waals surface area (Å²) in [7, 11) is -3.41. The predicted octanol–water partition coefficient (Wildman–Crippen LogP) is 1.38. The Hall–Kier alpha value is -3.54. The molecule has 0 aliphatic carbocycles. The average Bonchev–Trinajstić information content (AvgIpc) is 3.03. The van der Waals surface area contributed by atoms with Gasteiger partial charge in [-0.3, -0.25) is 14.2 Å². The van der Waals surface area contributed by atoms with Gasteiger partial charge in [0.15, 0.2) is 11.5 Å². The number of aliphatic carboxylic acids is 1. The zero-order chi connectivity index (χ0) is 22.6. The van der Waals surface area contributed by atoms with Gasteiger partial charge in [-0.15, -0.1) is 0 Å². The number of nitrogen functional groups attached to an aromatic ring is 1. The van der Waals surface area contributed by atoms with Crippen molar-refractivity contribution in [2.24, 2.45) is 4.36 Å². The van der Waals surface area contributed by atoms with Crippen molar-refractivity contribution in [2.45, 2.75) is 37.9 Å². The molecule has 0 aliphatic heterocycles. The van der Waals surface area contributed by atoms with E-state index in [1.165, 1.54) is 4.57 Å². The summed E-state index contributed by atoms with van der Waals surface area (Å²) < 4.78 is 18.6. The number of nitrogens with two attached hydrogens (primary N) is 1. The molecule has 164 valence electrons. The minimum atomic E-state index is -3.41. The van der Waals surface area contributed by atoms with Crippen molar-refractivity contribution in [3.05, 3.63) is 46.4 Å². The Balaban J connectivity index is 2.13. The molecule has 0 aliphatic rings. The molecule has 2 aromatic heterocycles. The van der Waals surface area contributed by atoms with Gasteiger partial charge in [0, 0.05) is 12.2 Å². The van der Waals surface area contributed by atoms with E-state index in [2.05, 4.69) is 19.3 Å². The highest BCUT2D eigenvalue weighted by molar-refractivity contribution is 7.93. The van der Waals surface area contributed by atoms with E-state index in [0.717, 1.165) is 5.56 Å². The SMILES string of the molecule is CCCS(=O)(=NC(=O)CCC(=O)O)c1nc(N)c2[nH]c(=O)n(Cc3ccccc3)c2n1. The molecule has 0 saturated carbocycles. The smallest absolute Gasteiger partial charge is 0.328 e. The van der Waals surface area contributed by atoms with Crippen LogP contribution in [0.5, 0.6) is 0 Å². The summed E-state index contributed by atoms with van der Waals surface area (Å²) in [6, 6.07) is 9.20. The summed E-state index contributed by atoms with van der Waals surface area (Å²) in [5.41, 5.74) is 6.71. The number of H-pyrrole nitrogens is 1. The van der Waals surface area contributed by atoms with Gasteiger partial charge in [-0.25, -0.2) is 14.0 Å². The second-order valence-electron chi connectivity index (χ2n) is 6.82. The number of carbonyl (C=O) groups excluding carboxylic acids is 1. The Bertz CT molecular complexity index is 1300. The average molecular weight is 446 g/mol. The molecular weight excluding hydrogens is 424 g/mol. The van der Waals surface area contributed by atoms with E-state index in [1.54, 1.807) is 6.92 Å². The molecule has 31 heavy (non-hydrogen) atoms. The summed E-state index contributed by atoms with van der Waals surface area (Å²) in [5, 5.41) is 8.49. The number of carbonyl (C=O) groups is 2. The zero-order valence-electron chi connectivity index (χ0n) is 16.8. The number of nitrogens with zero attached hydrogens (tertiary/aromatic N) is 4. The van der Waals surface area contributed by atoms with Crippen molar-refractivity contribution >= 4 is 38.6 Å². The first kappa shape index (κ1) is 22.2. The number of aromatic amines is 1. The first-order chi connectivity index (χ1) is 14.7. The maximum Gasteiger partial charge on any atom is 0.328 e. The van der Waals surface area contributed by atoms with Gasteiger partial charge in [-0.1, -0.05) is 37.3 Å². The Labute approximate surface area is 177 Å². The van der Waals surface area contributed by atoms with Crippen LogP contribution in [0.3, 0.4) is 0 Å². The van der Waals surface area contributed by atoms with E-state index in [4.69, 9.17) is 10.8 Å². The summed E-state index contributed by atoms with van der Waals surface area (Å²) in [6.45, 7) is 1.94. The van der Waals surface area contributed by atoms with Crippen LogP contribution in [0.4, 0.5) is 5.82 Å². The van der Waals surface area contributed by atoms with E-state index in [1.807, 2.05) is 30.3 Å². The third kappa shape index (κ3) is 4.97. The van der Waals surface area contributed by atoms with Crippen LogP contribution in [0.15, 0.2) is 44.6 Å². The number of carboxylic acids is 1. The number of rotatable bonds is 8. The molecule has 1 aromatic carbocycles. The molecular formula is C19H22N6O5S. The van der Waals surface area contributed by atoms with Crippen molar-refractivity contribution in [1.29, 1.82) is 0 Å². The van der Waals surface area contributed by atoms with Crippen LogP contribution in [0.2, 0.25) is 0 Å². The number of hydrogen-bond donors (Lipinski definition) is 3. The van der Waals surface area contributed by atoms with Crippen molar-refractivity contribution < 1.29 is 18.9 Å². The molecule has 4 N–H and O–H groups in total. The highest BCUT2D eigenvalue weighted by Crippen LogP contribution is 2.20. The van der Waals surface area contributed by atoms with E-state index in [-0.39, 0.29) is 34.4 Å². The molecule has 3 aromatic rings. The Morgan fingerprint density at radius 3 is 2.58 bits per heavy atom. The minimum absolute atomic E-state index is 0.0237. The second-order valence-corrected chi connectivity index (χ2v) is 9.05. The van der Waals surface area contributed by atoms with E-state index < -0.39 is 40.1 Å². The van der Waals surface area contributed by atoms with Crippen LogP contribution in [-0.4, -0.2) is 46.5 Å². The fourth-order valence-electron chi connectivity index (χ4n) is 2.96. The number of benzene rings is 1. The van der Waals surface area contributed by atoms with Gasteiger partial charge in [-0.2, -0.15) is 9.35 Å². The van der Waals surface area contributed by atoms with Crippen LogP contribution in [-0.2, 0) is 25.9 Å². The predicted molar refractivity (Wildman–Crippen MR) is 114 cm³/mol. The van der Waals surface area contributed by atoms with Gasteiger partial charge >= 0.3 is 11.7 Å². The number of carboxylic acid groups (broad SMARTS) is 1. The molecule has 11 nitrogen and oxygen atoms in total. The summed E-state index contributed by atoms with van der Waals surface area (Å²) in [6.07, 6.45) is -0.420. The molecule has 3 rings (SSSR count). The second kappa shape index (κ2) is 9.08. The van der Waals surface area contributed by atoms with Gasteiger partial charge in [0.05, 0.1) is 13.0 Å². The summed E-state index contributed by atoms with van der Waals surface area (Å²) in [4.78, 5) is 46.3. The zero-order valence-corrected chi connectivity index (χ0v) is 17.6. The van der Waals surface area contributed by atoms with E-state index in [0.29, 0.717) is 6.42 Å². The number of imidazole rings is 1. The molecule has 1 unspecified atom stereocenters. The van der Waals surface area contributed by atoms with Crippen molar-refractivity contribution in [3.63, 3.8) is 0 Å². The van der Waals surface area contributed by atoms with Crippen molar-refractivity contribution in [1.82, 2.24) is 19.5 Å². The lowest BCUT2D eigenvalue weighted by Crippen LogP contribution is -2.19. The number of aromatic nitrogens is 4. The van der Waals surface area contributed by atoms with Crippen LogP contribution in [0, 0.1) is 0 Å². The van der Waals surface area contributed by atoms with Gasteiger partial charge in [-0.05, 0) is 12.0 Å². The Kier molecular flexibility index (Phi) is 6.49. The largest absolute Gasteiger partial charge is 0.481 e. The van der Waals surface area contributed by atoms with Crippen LogP contribution in [0.1, 0.15) is 31.7 Å². The topological polar surface area (TPSA) is 173 Å². The molecule has 12 heteroatoms. The maximum absolute atomic E-state index is 13.5. The van der Waals surface area contributed by atoms with Crippen LogP contribution < -0.4 is 11.4 Å². The third-order valence-electron chi connectivity index (χ3n) is 4.38. The van der Waals surface area contributed by atoms with Gasteiger partial charge in [0.25, 0.3) is 5.91 Å². The van der Waals surface area contributed by atoms with Crippen molar-refractivity contribution in [2.75, 3.05) is 11.5 Å². The molecule has 1 atom stereocenters. The lowest BCUT2D eigenvalue weighted by atomic mass is 10.2. The van der Waals surface area contributed by atoms with Crippen LogP contribution in [0.25, 0.3) is 11.2 Å². The summed E-state index contributed by atoms with van der Waals surface area (Å²) >= 11 is 0. The molecule has 0 spiro atoms. The number of hydrogen-bond acceptors (Lipinski definition) is 7. The van der Waals surface area contributed by atoms with Crippen LogP contribution >= 0.6 is 0 Å². The third-order valence-corrected chi connectivity index (χ3v) is 6.60. The molecule has 2 heterocycles. The molecule has 0 saturated heterocycles. The van der Waals surface area contributed by atoms with Gasteiger partial charge in [0.1, 0.15) is 15.2 Å².